The maximum atomic E-state index is 9.98. The van der Waals surface area contributed by atoms with E-state index in [-0.39, 0.29) is 11.8 Å². The molecule has 2 heterocycles. The Bertz CT molecular complexity index is 670. The molecule has 0 unspecified atom stereocenters. The van der Waals surface area contributed by atoms with Gasteiger partial charge in [0.2, 0.25) is 5.95 Å². The van der Waals surface area contributed by atoms with Crippen molar-refractivity contribution in [2.24, 2.45) is 24.8 Å². The van der Waals surface area contributed by atoms with Crippen molar-refractivity contribution in [1.29, 1.82) is 0 Å². The zero-order valence-corrected chi connectivity index (χ0v) is 11.8. The lowest BCUT2D eigenvalue weighted by molar-refractivity contribution is -0.0317. The van der Waals surface area contributed by atoms with Crippen LogP contribution in [0.2, 0.25) is 0 Å². The van der Waals surface area contributed by atoms with Crippen molar-refractivity contribution in [3.05, 3.63) is 12.5 Å². The van der Waals surface area contributed by atoms with Crippen LogP contribution < -0.4 is 5.32 Å². The lowest BCUT2D eigenvalue weighted by Crippen LogP contribution is -2.38. The molecule has 2 aromatic heterocycles. The molecule has 5 atom stereocenters. The Balaban J connectivity index is 1.46. The number of aliphatic hydroxyl groups excluding tert-OH is 2. The van der Waals surface area contributed by atoms with Gasteiger partial charge in [0, 0.05) is 13.6 Å². The van der Waals surface area contributed by atoms with E-state index in [9.17, 15) is 10.2 Å². The second-order valence-corrected chi connectivity index (χ2v) is 6.28. The van der Waals surface area contributed by atoms with Crippen molar-refractivity contribution >= 4 is 17.1 Å². The van der Waals surface area contributed by atoms with Gasteiger partial charge in [0.05, 0.1) is 24.7 Å². The number of fused-ring (bicyclic) bond motifs is 3. The van der Waals surface area contributed by atoms with Crippen LogP contribution in [0, 0.1) is 17.8 Å². The van der Waals surface area contributed by atoms with Gasteiger partial charge in [-0.15, -0.1) is 0 Å². The number of hydrogen-bond donors (Lipinski definition) is 3. The zero-order valence-electron chi connectivity index (χ0n) is 11.8. The van der Waals surface area contributed by atoms with E-state index in [2.05, 4.69) is 20.3 Å². The molecule has 2 saturated carbocycles. The molecule has 3 N–H and O–H groups in total. The van der Waals surface area contributed by atoms with Crippen LogP contribution in [0.4, 0.5) is 5.95 Å². The van der Waals surface area contributed by atoms with Gasteiger partial charge in [0.25, 0.3) is 0 Å². The van der Waals surface area contributed by atoms with E-state index in [1.807, 2.05) is 11.6 Å². The third-order valence-electron chi connectivity index (χ3n) is 5.03. The van der Waals surface area contributed by atoms with Gasteiger partial charge in [-0.05, 0) is 30.6 Å². The third kappa shape index (κ3) is 1.99. The van der Waals surface area contributed by atoms with Crippen LogP contribution >= 0.6 is 0 Å². The number of hydrogen-bond acceptors (Lipinski definition) is 6. The first kappa shape index (κ1) is 13.0. The summed E-state index contributed by atoms with van der Waals surface area (Å²) in [5.74, 6) is 1.40. The van der Waals surface area contributed by atoms with Crippen molar-refractivity contribution < 1.29 is 10.2 Å². The zero-order chi connectivity index (χ0) is 14.6. The van der Waals surface area contributed by atoms with E-state index in [1.54, 1.807) is 12.5 Å². The first-order valence-corrected chi connectivity index (χ1v) is 7.37. The first-order chi connectivity index (χ1) is 10.1. The average Bonchev–Trinajstić information content (AvgIpc) is 3.14. The minimum absolute atomic E-state index is 0.193. The molecule has 2 aromatic rings. The fourth-order valence-corrected chi connectivity index (χ4v) is 3.89. The topological polar surface area (TPSA) is 96.1 Å². The van der Waals surface area contributed by atoms with Crippen LogP contribution in [0.1, 0.15) is 12.8 Å². The van der Waals surface area contributed by atoms with Crippen LogP contribution in [0.25, 0.3) is 11.2 Å². The Hall–Kier alpha value is -1.73. The summed E-state index contributed by atoms with van der Waals surface area (Å²) in [5.41, 5.74) is 1.58. The van der Waals surface area contributed by atoms with Crippen molar-refractivity contribution in [3.63, 3.8) is 0 Å². The number of anilines is 1. The van der Waals surface area contributed by atoms with Crippen LogP contribution in [0.15, 0.2) is 12.5 Å². The summed E-state index contributed by atoms with van der Waals surface area (Å²) >= 11 is 0. The summed E-state index contributed by atoms with van der Waals surface area (Å²) in [7, 11) is 1.90. The van der Waals surface area contributed by atoms with Gasteiger partial charge in [-0.1, -0.05) is 0 Å². The highest BCUT2D eigenvalue weighted by Gasteiger charge is 2.51. The van der Waals surface area contributed by atoms with Gasteiger partial charge < -0.3 is 20.1 Å². The van der Waals surface area contributed by atoms with E-state index >= 15 is 0 Å². The predicted octanol–water partition coefficient (Wildman–Crippen LogP) is 0.153. The summed E-state index contributed by atoms with van der Waals surface area (Å²) in [4.78, 5) is 12.9. The molecule has 0 aliphatic heterocycles. The van der Waals surface area contributed by atoms with Gasteiger partial charge in [-0.25, -0.2) is 9.97 Å². The van der Waals surface area contributed by atoms with Gasteiger partial charge in [0.15, 0.2) is 5.65 Å². The van der Waals surface area contributed by atoms with Crippen molar-refractivity contribution in [1.82, 2.24) is 19.5 Å². The molecule has 7 heteroatoms. The van der Waals surface area contributed by atoms with Crippen LogP contribution in [0.5, 0.6) is 0 Å². The molecule has 21 heavy (non-hydrogen) atoms. The molecule has 0 spiro atoms. The molecule has 112 valence electrons. The summed E-state index contributed by atoms with van der Waals surface area (Å²) in [6.07, 6.45) is 4.21. The summed E-state index contributed by atoms with van der Waals surface area (Å²) in [6, 6.07) is 0. The van der Waals surface area contributed by atoms with Crippen molar-refractivity contribution in [2.45, 2.75) is 25.0 Å². The maximum absolute atomic E-state index is 9.98. The fourth-order valence-electron chi connectivity index (χ4n) is 3.89. The normalized spacial score (nSPS) is 34.7. The minimum Gasteiger partial charge on any atom is -0.390 e. The standard InChI is InChI=1S/C14H19N5O2/c1-19-6-17-10-5-16-14(18-13(10)19)15-4-8-2-7-3-9(8)12(21)11(7)20/h5-9,11-12,20-21H,2-4H2,1H3,(H,15,16,18)/t7-,8-,9-,11+,12-/m0/s1. The van der Waals surface area contributed by atoms with Gasteiger partial charge in [-0.3, -0.25) is 0 Å². The highest BCUT2D eigenvalue weighted by Crippen LogP contribution is 2.48. The number of nitrogens with zero attached hydrogens (tertiary/aromatic N) is 4. The molecular formula is C14H19N5O2. The van der Waals surface area contributed by atoms with E-state index < -0.39 is 12.2 Å². The van der Waals surface area contributed by atoms with Crippen LogP contribution in [0.3, 0.4) is 0 Å². The first-order valence-electron chi connectivity index (χ1n) is 7.37. The Kier molecular flexibility index (Phi) is 2.87. The van der Waals surface area contributed by atoms with E-state index in [0.29, 0.717) is 11.9 Å². The smallest absolute Gasteiger partial charge is 0.224 e. The number of rotatable bonds is 3. The number of nitrogens with one attached hydrogen (secondary N) is 1. The quantitative estimate of drug-likeness (QED) is 0.744. The van der Waals surface area contributed by atoms with Crippen molar-refractivity contribution in [2.75, 3.05) is 11.9 Å². The molecule has 2 bridgehead atoms. The molecule has 0 radical (unpaired) electrons. The molecule has 0 saturated heterocycles. The summed E-state index contributed by atoms with van der Waals surface area (Å²) in [6.45, 7) is 0.730. The second-order valence-electron chi connectivity index (χ2n) is 6.28. The second kappa shape index (κ2) is 4.64. The predicted molar refractivity (Wildman–Crippen MR) is 76.5 cm³/mol. The summed E-state index contributed by atoms with van der Waals surface area (Å²) in [5, 5.41) is 23.1. The Morgan fingerprint density at radius 2 is 2.14 bits per heavy atom. The molecule has 0 amide bonds. The molecule has 7 nitrogen and oxygen atoms in total. The Labute approximate surface area is 122 Å². The highest BCUT2D eigenvalue weighted by atomic mass is 16.3. The fraction of sp³-hybridized carbons (Fsp3) is 0.643. The van der Waals surface area contributed by atoms with Gasteiger partial charge >= 0.3 is 0 Å². The van der Waals surface area contributed by atoms with Crippen molar-refractivity contribution in [3.8, 4) is 0 Å². The Morgan fingerprint density at radius 1 is 1.29 bits per heavy atom. The lowest BCUT2D eigenvalue weighted by Gasteiger charge is -2.29. The van der Waals surface area contributed by atoms with E-state index in [1.165, 1.54) is 0 Å². The molecule has 4 rings (SSSR count). The third-order valence-corrected chi connectivity index (χ3v) is 5.03. The van der Waals surface area contributed by atoms with E-state index in [0.717, 1.165) is 30.6 Å². The van der Waals surface area contributed by atoms with Gasteiger partial charge in [-0.2, -0.15) is 4.98 Å². The maximum Gasteiger partial charge on any atom is 0.224 e. The number of aromatic nitrogens is 4. The lowest BCUT2D eigenvalue weighted by atomic mass is 9.85. The molecule has 2 aliphatic rings. The SMILES string of the molecule is Cn1cnc2cnc(NC[C@@H]3C[C@H]4C[C@@H]3[C@H](O)[C@@H]4O)nc21. The summed E-state index contributed by atoms with van der Waals surface area (Å²) < 4.78 is 1.86. The highest BCUT2D eigenvalue weighted by molar-refractivity contribution is 5.70. The van der Waals surface area contributed by atoms with E-state index in [4.69, 9.17) is 0 Å². The minimum atomic E-state index is -0.573. The van der Waals surface area contributed by atoms with Gasteiger partial charge in [0.1, 0.15) is 5.52 Å². The average molecular weight is 289 g/mol. The van der Waals surface area contributed by atoms with Crippen LogP contribution in [-0.4, -0.2) is 48.5 Å². The number of aryl methyl sites for hydroxylation is 1. The number of imidazole rings is 1. The molecular weight excluding hydrogens is 270 g/mol. The number of aliphatic hydroxyl groups is 2. The molecule has 2 aliphatic carbocycles. The van der Waals surface area contributed by atoms with Crippen LogP contribution in [-0.2, 0) is 7.05 Å². The molecule has 0 aromatic carbocycles. The largest absolute Gasteiger partial charge is 0.390 e. The molecule has 2 fully saturated rings. The Morgan fingerprint density at radius 3 is 2.90 bits per heavy atom. The monoisotopic (exact) mass is 289 g/mol.